The Kier molecular flexibility index (Phi) is 4.34. The number of thiocarbonyl (C=S) groups is 1. The number of nitrogens with zero attached hydrogens (tertiary/aromatic N) is 2. The molecule has 0 saturated carbocycles. The lowest BCUT2D eigenvalue weighted by Gasteiger charge is -2.37. The summed E-state index contributed by atoms with van der Waals surface area (Å²) in [6.07, 6.45) is -0.124. The summed E-state index contributed by atoms with van der Waals surface area (Å²) in [5.41, 5.74) is 7.37. The van der Waals surface area contributed by atoms with Gasteiger partial charge in [0.25, 0.3) is 0 Å². The van der Waals surface area contributed by atoms with Gasteiger partial charge in [-0.1, -0.05) is 12.2 Å². The Morgan fingerprint density at radius 1 is 1.58 bits per heavy atom. The van der Waals surface area contributed by atoms with Crippen LogP contribution in [0.5, 0.6) is 0 Å². The Morgan fingerprint density at radius 2 is 2.32 bits per heavy atom. The lowest BCUT2D eigenvalue weighted by molar-refractivity contribution is -0.0423. The number of aliphatic hydroxyl groups is 1. The highest BCUT2D eigenvalue weighted by atomic mass is 32.1. The van der Waals surface area contributed by atoms with Crippen molar-refractivity contribution in [3.63, 3.8) is 0 Å². The van der Waals surface area contributed by atoms with Gasteiger partial charge in [-0.15, -0.1) is 0 Å². The van der Waals surface area contributed by atoms with Crippen molar-refractivity contribution in [2.24, 2.45) is 5.73 Å². The third kappa shape index (κ3) is 3.40. The van der Waals surface area contributed by atoms with E-state index in [4.69, 9.17) is 22.7 Å². The summed E-state index contributed by atoms with van der Waals surface area (Å²) in [7, 11) is 0. The molecule has 104 valence electrons. The van der Waals surface area contributed by atoms with Crippen molar-refractivity contribution >= 4 is 23.0 Å². The van der Waals surface area contributed by atoms with Crippen LogP contribution in [0.3, 0.4) is 0 Å². The van der Waals surface area contributed by atoms with Gasteiger partial charge in [0, 0.05) is 24.3 Å². The molecule has 1 aromatic heterocycles. The van der Waals surface area contributed by atoms with Gasteiger partial charge in [0.05, 0.1) is 18.8 Å². The number of anilines is 1. The summed E-state index contributed by atoms with van der Waals surface area (Å²) >= 11 is 5.02. The summed E-state index contributed by atoms with van der Waals surface area (Å²) in [5, 5.41) is 9.26. The first-order valence-corrected chi connectivity index (χ1v) is 6.70. The highest BCUT2D eigenvalue weighted by molar-refractivity contribution is 7.80. The second-order valence-electron chi connectivity index (χ2n) is 4.88. The van der Waals surface area contributed by atoms with Crippen molar-refractivity contribution in [1.82, 2.24) is 4.98 Å². The van der Waals surface area contributed by atoms with Crippen molar-refractivity contribution in [3.8, 4) is 0 Å². The van der Waals surface area contributed by atoms with E-state index in [9.17, 15) is 5.11 Å². The van der Waals surface area contributed by atoms with Gasteiger partial charge in [-0.05, 0) is 26.0 Å². The molecular weight excluding hydrogens is 262 g/mol. The van der Waals surface area contributed by atoms with Crippen LogP contribution in [-0.2, 0) is 4.74 Å². The van der Waals surface area contributed by atoms with Crippen LogP contribution >= 0.6 is 12.2 Å². The fourth-order valence-corrected chi connectivity index (χ4v) is 2.41. The molecule has 2 unspecified atom stereocenters. The largest absolute Gasteiger partial charge is 0.394 e. The first-order valence-electron chi connectivity index (χ1n) is 6.29. The summed E-state index contributed by atoms with van der Waals surface area (Å²) < 4.78 is 5.63. The molecule has 0 aromatic carbocycles. The van der Waals surface area contributed by atoms with Crippen LogP contribution in [-0.4, -0.2) is 47.0 Å². The number of aliphatic hydroxyl groups excluding tert-OH is 1. The number of ether oxygens (including phenoxy) is 1. The maximum Gasteiger partial charge on any atom is 0.129 e. The van der Waals surface area contributed by atoms with Gasteiger partial charge in [0.15, 0.2) is 0 Å². The molecular formula is C13H19N3O2S. The minimum atomic E-state index is -0.181. The lowest BCUT2D eigenvalue weighted by Crippen LogP contribution is -2.48. The number of morpholine rings is 1. The monoisotopic (exact) mass is 281 g/mol. The number of pyridine rings is 1. The summed E-state index contributed by atoms with van der Waals surface area (Å²) in [5.74, 6) is 0.830. The summed E-state index contributed by atoms with van der Waals surface area (Å²) in [6, 6.07) is 3.76. The number of rotatable bonds is 3. The Morgan fingerprint density at radius 3 is 2.95 bits per heavy atom. The average Bonchev–Trinajstić information content (AvgIpc) is 2.37. The van der Waals surface area contributed by atoms with E-state index in [0.29, 0.717) is 11.5 Å². The van der Waals surface area contributed by atoms with Crippen LogP contribution in [0.2, 0.25) is 0 Å². The van der Waals surface area contributed by atoms with Crippen LogP contribution in [0, 0.1) is 6.92 Å². The fraction of sp³-hybridized carbons (Fsp3) is 0.538. The number of hydrogen-bond acceptors (Lipinski definition) is 5. The van der Waals surface area contributed by atoms with Gasteiger partial charge in [-0.25, -0.2) is 4.98 Å². The van der Waals surface area contributed by atoms with E-state index in [1.165, 1.54) is 0 Å². The first-order chi connectivity index (χ1) is 8.99. The molecule has 6 heteroatoms. The van der Waals surface area contributed by atoms with Crippen LogP contribution in [0.4, 0.5) is 5.82 Å². The van der Waals surface area contributed by atoms with E-state index in [-0.39, 0.29) is 18.8 Å². The zero-order valence-electron chi connectivity index (χ0n) is 11.2. The second-order valence-corrected chi connectivity index (χ2v) is 5.32. The molecule has 19 heavy (non-hydrogen) atoms. The topological polar surface area (TPSA) is 71.6 Å². The van der Waals surface area contributed by atoms with E-state index in [1.54, 1.807) is 0 Å². The molecule has 0 radical (unpaired) electrons. The minimum Gasteiger partial charge on any atom is -0.394 e. The third-order valence-corrected chi connectivity index (χ3v) is 3.31. The zero-order valence-corrected chi connectivity index (χ0v) is 12.0. The quantitative estimate of drug-likeness (QED) is 0.791. The molecule has 0 spiro atoms. The molecule has 0 aliphatic carbocycles. The number of aromatic nitrogens is 1. The molecule has 2 rings (SSSR count). The highest BCUT2D eigenvalue weighted by Crippen LogP contribution is 2.20. The number of nitrogens with two attached hydrogens (primary N) is 1. The summed E-state index contributed by atoms with van der Waals surface area (Å²) in [4.78, 5) is 6.99. The van der Waals surface area contributed by atoms with Crippen LogP contribution in [0.1, 0.15) is 18.2 Å². The summed E-state index contributed by atoms with van der Waals surface area (Å²) in [6.45, 7) is 5.27. The van der Waals surface area contributed by atoms with Gasteiger partial charge >= 0.3 is 0 Å². The molecule has 1 aliphatic heterocycles. The van der Waals surface area contributed by atoms with Crippen molar-refractivity contribution < 1.29 is 9.84 Å². The van der Waals surface area contributed by atoms with Gasteiger partial charge < -0.3 is 20.5 Å². The predicted octanol–water partition coefficient (Wildman–Crippen LogP) is 0.610. The Bertz CT molecular complexity index is 481. The van der Waals surface area contributed by atoms with E-state index in [0.717, 1.165) is 23.6 Å². The maximum absolute atomic E-state index is 9.26. The van der Waals surface area contributed by atoms with Gasteiger partial charge in [0.1, 0.15) is 10.8 Å². The molecule has 1 aliphatic rings. The Balaban J connectivity index is 2.27. The maximum atomic E-state index is 9.26. The van der Waals surface area contributed by atoms with Crippen molar-refractivity contribution in [3.05, 3.63) is 23.4 Å². The molecule has 0 bridgehead atoms. The van der Waals surface area contributed by atoms with Crippen LogP contribution in [0.25, 0.3) is 0 Å². The molecule has 1 saturated heterocycles. The third-order valence-electron chi connectivity index (χ3n) is 3.08. The van der Waals surface area contributed by atoms with Crippen LogP contribution < -0.4 is 10.6 Å². The van der Waals surface area contributed by atoms with Gasteiger partial charge in [0.2, 0.25) is 0 Å². The average molecular weight is 281 g/mol. The molecule has 0 amide bonds. The Hall–Kier alpha value is -1.24. The SMILES string of the molecule is Cc1cc(C(N)=S)cc(N2CC(C)OC(CO)C2)n1. The van der Waals surface area contributed by atoms with Gasteiger partial charge in [-0.2, -0.15) is 0 Å². The van der Waals surface area contributed by atoms with Crippen molar-refractivity contribution in [2.75, 3.05) is 24.6 Å². The molecule has 2 heterocycles. The normalized spacial score (nSPS) is 23.4. The molecule has 1 aromatic rings. The van der Waals surface area contributed by atoms with Crippen molar-refractivity contribution in [1.29, 1.82) is 0 Å². The standard InChI is InChI=1S/C13H19N3O2S/c1-8-3-10(13(14)19)4-12(15-8)16-5-9(2)18-11(6-16)7-17/h3-4,9,11,17H,5-7H2,1-2H3,(H2,14,19). The fourth-order valence-electron chi connectivity index (χ4n) is 2.29. The Labute approximate surface area is 118 Å². The minimum absolute atomic E-state index is 0.00874. The molecule has 3 N–H and O–H groups in total. The molecule has 2 atom stereocenters. The molecule has 5 nitrogen and oxygen atoms in total. The molecule has 1 fully saturated rings. The number of aryl methyl sites for hydroxylation is 1. The van der Waals surface area contributed by atoms with E-state index in [2.05, 4.69) is 9.88 Å². The zero-order chi connectivity index (χ0) is 14.0. The van der Waals surface area contributed by atoms with Crippen molar-refractivity contribution in [2.45, 2.75) is 26.1 Å². The van der Waals surface area contributed by atoms with E-state index < -0.39 is 0 Å². The second kappa shape index (κ2) is 5.81. The predicted molar refractivity (Wildman–Crippen MR) is 78.5 cm³/mol. The van der Waals surface area contributed by atoms with Gasteiger partial charge in [-0.3, -0.25) is 0 Å². The lowest BCUT2D eigenvalue weighted by atomic mass is 10.2. The van der Waals surface area contributed by atoms with E-state index >= 15 is 0 Å². The number of hydrogen-bond donors (Lipinski definition) is 2. The smallest absolute Gasteiger partial charge is 0.129 e. The van der Waals surface area contributed by atoms with Crippen LogP contribution in [0.15, 0.2) is 12.1 Å². The highest BCUT2D eigenvalue weighted by Gasteiger charge is 2.25. The first kappa shape index (κ1) is 14.2. The van der Waals surface area contributed by atoms with E-state index in [1.807, 2.05) is 26.0 Å².